The predicted octanol–water partition coefficient (Wildman–Crippen LogP) is 1.14. The molecule has 106 valence electrons. The van der Waals surface area contributed by atoms with Gasteiger partial charge >= 0.3 is 0 Å². The summed E-state index contributed by atoms with van der Waals surface area (Å²) in [5, 5.41) is 3.41. The van der Waals surface area contributed by atoms with Gasteiger partial charge in [-0.25, -0.2) is 0 Å². The topological polar surface area (TPSA) is 41.6 Å². The Balaban J connectivity index is 0.00000162. The Morgan fingerprint density at radius 2 is 2.33 bits per heavy atom. The van der Waals surface area contributed by atoms with Crippen LogP contribution < -0.4 is 5.32 Å². The highest BCUT2D eigenvalue weighted by Crippen LogP contribution is 2.18. The average molecular weight is 295 g/mol. The van der Waals surface area contributed by atoms with Crippen LogP contribution in [0.25, 0.3) is 0 Å². The molecule has 2 aliphatic rings. The van der Waals surface area contributed by atoms with Gasteiger partial charge in [-0.2, -0.15) is 11.8 Å². The van der Waals surface area contributed by atoms with Gasteiger partial charge in [0.05, 0.1) is 12.2 Å². The molecule has 0 aromatic heterocycles. The largest absolute Gasteiger partial charge is 0.372 e. The first-order valence-electron chi connectivity index (χ1n) is 6.30. The molecule has 18 heavy (non-hydrogen) atoms. The van der Waals surface area contributed by atoms with Crippen LogP contribution in [0.1, 0.15) is 20.3 Å². The normalized spacial score (nSPS) is 27.4. The van der Waals surface area contributed by atoms with Crippen molar-refractivity contribution >= 4 is 30.1 Å². The van der Waals surface area contributed by atoms with Crippen molar-refractivity contribution in [3.05, 3.63) is 0 Å². The van der Waals surface area contributed by atoms with E-state index in [0.29, 0.717) is 25.6 Å². The molecule has 1 amide bonds. The van der Waals surface area contributed by atoms with Gasteiger partial charge in [0.25, 0.3) is 0 Å². The third-order valence-electron chi connectivity index (χ3n) is 3.20. The predicted molar refractivity (Wildman–Crippen MR) is 77.6 cm³/mol. The lowest BCUT2D eigenvalue weighted by Crippen LogP contribution is -2.52. The minimum atomic E-state index is -0.192. The van der Waals surface area contributed by atoms with Crippen molar-refractivity contribution in [3.63, 3.8) is 0 Å². The van der Waals surface area contributed by atoms with E-state index >= 15 is 0 Å². The van der Waals surface area contributed by atoms with E-state index in [2.05, 4.69) is 5.32 Å². The second kappa shape index (κ2) is 6.98. The second-order valence-corrected chi connectivity index (χ2v) is 6.50. The summed E-state index contributed by atoms with van der Waals surface area (Å²) >= 11 is 1.93. The maximum Gasteiger partial charge on any atom is 0.224 e. The Morgan fingerprint density at radius 1 is 1.56 bits per heavy atom. The van der Waals surface area contributed by atoms with Gasteiger partial charge in [-0.05, 0) is 13.8 Å². The first-order valence-corrected chi connectivity index (χ1v) is 7.45. The molecule has 6 heteroatoms. The first-order chi connectivity index (χ1) is 8.07. The van der Waals surface area contributed by atoms with Crippen molar-refractivity contribution in [1.82, 2.24) is 10.2 Å². The molecule has 1 unspecified atom stereocenters. The van der Waals surface area contributed by atoms with Crippen LogP contribution in [-0.4, -0.2) is 60.2 Å². The van der Waals surface area contributed by atoms with Crippen LogP contribution in [0.3, 0.4) is 0 Å². The van der Waals surface area contributed by atoms with E-state index in [1.165, 1.54) is 0 Å². The molecule has 0 aliphatic carbocycles. The minimum absolute atomic E-state index is 0. The fraction of sp³-hybridized carbons (Fsp3) is 0.917. The van der Waals surface area contributed by atoms with Crippen molar-refractivity contribution in [1.29, 1.82) is 0 Å². The lowest BCUT2D eigenvalue weighted by Gasteiger charge is -2.38. The first kappa shape index (κ1) is 16.1. The number of rotatable bonds is 2. The summed E-state index contributed by atoms with van der Waals surface area (Å²) in [6.07, 6.45) is 0.628. The van der Waals surface area contributed by atoms with E-state index < -0.39 is 0 Å². The zero-order valence-corrected chi connectivity index (χ0v) is 12.7. The third-order valence-corrected chi connectivity index (χ3v) is 4.33. The number of hydrogen-bond acceptors (Lipinski definition) is 4. The standard InChI is InChI=1S/C12H22N2O2S.ClH/c1-12(2)9-14(4-5-16-12)11(15)7-10-8-17-6-3-13-10;/h10,13H,3-9H2,1-2H3;1H. The van der Waals surface area contributed by atoms with E-state index in [9.17, 15) is 4.79 Å². The lowest BCUT2D eigenvalue weighted by molar-refractivity contribution is -0.146. The Morgan fingerprint density at radius 3 is 2.94 bits per heavy atom. The molecule has 2 heterocycles. The van der Waals surface area contributed by atoms with Gasteiger partial charge in [-0.3, -0.25) is 4.79 Å². The Hall–Kier alpha value is 0.0300. The third kappa shape index (κ3) is 4.61. The van der Waals surface area contributed by atoms with Gasteiger partial charge in [0, 0.05) is 43.6 Å². The van der Waals surface area contributed by atoms with Crippen LogP contribution in [0.15, 0.2) is 0 Å². The molecule has 2 fully saturated rings. The second-order valence-electron chi connectivity index (χ2n) is 5.35. The summed E-state index contributed by atoms with van der Waals surface area (Å²) in [4.78, 5) is 14.1. The molecule has 2 aliphatic heterocycles. The highest BCUT2D eigenvalue weighted by Gasteiger charge is 2.30. The molecule has 0 spiro atoms. The molecule has 1 atom stereocenters. The number of halogens is 1. The fourth-order valence-corrected chi connectivity index (χ4v) is 3.27. The number of amides is 1. The fourth-order valence-electron chi connectivity index (χ4n) is 2.32. The van der Waals surface area contributed by atoms with Crippen molar-refractivity contribution < 1.29 is 9.53 Å². The van der Waals surface area contributed by atoms with E-state index in [1.807, 2.05) is 30.5 Å². The number of morpholine rings is 1. The average Bonchev–Trinajstić information content (AvgIpc) is 2.29. The van der Waals surface area contributed by atoms with Crippen LogP contribution >= 0.6 is 24.2 Å². The van der Waals surface area contributed by atoms with Gasteiger partial charge in [0.15, 0.2) is 0 Å². The van der Waals surface area contributed by atoms with Gasteiger partial charge in [-0.1, -0.05) is 0 Å². The summed E-state index contributed by atoms with van der Waals surface area (Å²) in [7, 11) is 0. The highest BCUT2D eigenvalue weighted by atomic mass is 35.5. The maximum atomic E-state index is 12.2. The number of hydrogen-bond donors (Lipinski definition) is 1. The van der Waals surface area contributed by atoms with Crippen LogP contribution in [0.2, 0.25) is 0 Å². The number of carbonyl (C=O) groups is 1. The van der Waals surface area contributed by atoms with E-state index in [-0.39, 0.29) is 23.9 Å². The monoisotopic (exact) mass is 294 g/mol. The quantitative estimate of drug-likeness (QED) is 0.829. The van der Waals surface area contributed by atoms with Crippen molar-refractivity contribution in [2.24, 2.45) is 0 Å². The lowest BCUT2D eigenvalue weighted by atomic mass is 10.1. The summed E-state index contributed by atoms with van der Waals surface area (Å²) in [5.41, 5.74) is -0.192. The van der Waals surface area contributed by atoms with Gasteiger partial charge in [-0.15, -0.1) is 12.4 Å². The summed E-state index contributed by atoms with van der Waals surface area (Å²) in [6.45, 7) is 7.22. The number of carbonyl (C=O) groups excluding carboxylic acids is 1. The maximum absolute atomic E-state index is 12.2. The van der Waals surface area contributed by atoms with Gasteiger partial charge < -0.3 is 15.0 Å². The summed E-state index contributed by atoms with van der Waals surface area (Å²) in [5.74, 6) is 2.48. The van der Waals surface area contributed by atoms with Gasteiger partial charge in [0.1, 0.15) is 0 Å². The van der Waals surface area contributed by atoms with Crippen molar-refractivity contribution in [2.45, 2.75) is 31.9 Å². The van der Waals surface area contributed by atoms with Crippen LogP contribution in [0.4, 0.5) is 0 Å². The summed E-state index contributed by atoms with van der Waals surface area (Å²) in [6, 6.07) is 0.354. The number of nitrogens with zero attached hydrogens (tertiary/aromatic N) is 1. The number of thioether (sulfide) groups is 1. The smallest absolute Gasteiger partial charge is 0.224 e. The molecule has 0 aromatic rings. The molecule has 0 saturated carbocycles. The molecule has 0 radical (unpaired) electrons. The molecule has 4 nitrogen and oxygen atoms in total. The Kier molecular flexibility index (Phi) is 6.24. The van der Waals surface area contributed by atoms with E-state index in [0.717, 1.165) is 24.6 Å². The molecule has 0 bridgehead atoms. The van der Waals surface area contributed by atoms with Gasteiger partial charge in [0.2, 0.25) is 5.91 Å². The van der Waals surface area contributed by atoms with Crippen molar-refractivity contribution in [3.8, 4) is 0 Å². The molecule has 0 aromatic carbocycles. The summed E-state index contributed by atoms with van der Waals surface area (Å²) < 4.78 is 5.62. The van der Waals surface area contributed by atoms with Crippen molar-refractivity contribution in [2.75, 3.05) is 37.7 Å². The molecule has 2 saturated heterocycles. The zero-order valence-electron chi connectivity index (χ0n) is 11.1. The molecule has 2 rings (SSSR count). The number of ether oxygens (including phenoxy) is 1. The van der Waals surface area contributed by atoms with E-state index in [1.54, 1.807) is 0 Å². The van der Waals surface area contributed by atoms with Crippen LogP contribution in [0, 0.1) is 0 Å². The minimum Gasteiger partial charge on any atom is -0.372 e. The molecular formula is C12H23ClN2O2S. The zero-order chi connectivity index (χ0) is 12.3. The highest BCUT2D eigenvalue weighted by molar-refractivity contribution is 7.99. The Labute approximate surface area is 120 Å². The van der Waals surface area contributed by atoms with Crippen LogP contribution in [-0.2, 0) is 9.53 Å². The number of nitrogens with one attached hydrogen (secondary N) is 1. The Bertz CT molecular complexity index is 283. The molecule has 1 N–H and O–H groups in total. The van der Waals surface area contributed by atoms with Crippen LogP contribution in [0.5, 0.6) is 0 Å². The van der Waals surface area contributed by atoms with E-state index in [4.69, 9.17) is 4.74 Å². The molecular weight excluding hydrogens is 272 g/mol. The SMILES string of the molecule is CC1(C)CN(C(=O)CC2CSCCN2)CCO1.Cl.